The normalized spacial score (nSPS) is 18.6. The second kappa shape index (κ2) is 4.52. The van der Waals surface area contributed by atoms with E-state index >= 15 is 0 Å². The molecule has 0 aliphatic heterocycles. The van der Waals surface area contributed by atoms with Gasteiger partial charge >= 0.3 is 0 Å². The summed E-state index contributed by atoms with van der Waals surface area (Å²) in [6.07, 6.45) is 4.19. The third-order valence-electron chi connectivity index (χ3n) is 3.39. The number of methoxy groups -OCH3 is 1. The van der Waals surface area contributed by atoms with Crippen molar-refractivity contribution in [2.45, 2.75) is 29.8 Å². The number of nitrogens with zero attached hydrogens (tertiary/aromatic N) is 2. The van der Waals surface area contributed by atoms with Crippen LogP contribution in [0.15, 0.2) is 11.1 Å². The number of ether oxygens (including phenoxy) is 1. The van der Waals surface area contributed by atoms with Gasteiger partial charge < -0.3 is 10.5 Å². The number of rotatable bonds is 5. The second-order valence-corrected chi connectivity index (χ2v) is 6.35. The molecule has 7 nitrogen and oxygen atoms in total. The fraction of sp³-hybridized carbons (Fsp3) is 0.700. The van der Waals surface area contributed by atoms with Gasteiger partial charge in [-0.05, 0) is 19.3 Å². The zero-order chi connectivity index (χ0) is 13.4. The van der Waals surface area contributed by atoms with E-state index in [1.54, 1.807) is 14.2 Å². The Morgan fingerprint density at radius 3 is 2.67 bits per heavy atom. The molecule has 0 bridgehead atoms. The quantitative estimate of drug-likeness (QED) is 0.778. The standard InChI is InChI=1S/C10H18N4O3S/c1-14-6-8(9(11)13-14)18(15,16)12-7-10(17-2)4-3-5-10/h6,12H,3-5,7H2,1-2H3,(H2,11,13). The van der Waals surface area contributed by atoms with E-state index in [9.17, 15) is 8.42 Å². The maximum Gasteiger partial charge on any atom is 0.245 e. The zero-order valence-corrected chi connectivity index (χ0v) is 11.3. The van der Waals surface area contributed by atoms with E-state index in [4.69, 9.17) is 10.5 Å². The molecule has 0 atom stereocenters. The molecule has 3 N–H and O–H groups in total. The van der Waals surface area contributed by atoms with E-state index in [0.29, 0.717) is 0 Å². The first-order valence-corrected chi connectivity index (χ1v) is 7.21. The number of nitrogens with two attached hydrogens (primary N) is 1. The van der Waals surface area contributed by atoms with Crippen molar-refractivity contribution >= 4 is 15.8 Å². The molecule has 18 heavy (non-hydrogen) atoms. The van der Waals surface area contributed by atoms with Gasteiger partial charge in [-0.25, -0.2) is 13.1 Å². The maximum atomic E-state index is 12.1. The van der Waals surface area contributed by atoms with Crippen molar-refractivity contribution in [3.63, 3.8) is 0 Å². The molecular weight excluding hydrogens is 256 g/mol. The van der Waals surface area contributed by atoms with Crippen LogP contribution in [0.4, 0.5) is 5.82 Å². The minimum absolute atomic E-state index is 0.00470. The molecule has 0 saturated heterocycles. The van der Waals surface area contributed by atoms with Crippen LogP contribution < -0.4 is 10.5 Å². The minimum Gasteiger partial charge on any atom is -0.381 e. The maximum absolute atomic E-state index is 12.1. The molecule has 0 aromatic carbocycles. The van der Waals surface area contributed by atoms with Crippen LogP contribution in [0.5, 0.6) is 0 Å². The van der Waals surface area contributed by atoms with Crippen LogP contribution in [0.25, 0.3) is 0 Å². The molecule has 1 aromatic rings. The van der Waals surface area contributed by atoms with Gasteiger partial charge in [0.1, 0.15) is 4.90 Å². The highest BCUT2D eigenvalue weighted by atomic mass is 32.2. The summed E-state index contributed by atoms with van der Waals surface area (Å²) in [5.74, 6) is 0.00470. The summed E-state index contributed by atoms with van der Waals surface area (Å²) in [4.78, 5) is 0.00979. The lowest BCUT2D eigenvalue weighted by atomic mass is 9.80. The Morgan fingerprint density at radius 1 is 1.61 bits per heavy atom. The van der Waals surface area contributed by atoms with Crippen molar-refractivity contribution in [3.8, 4) is 0 Å². The first kappa shape index (κ1) is 13.3. The molecule has 1 fully saturated rings. The summed E-state index contributed by atoms with van der Waals surface area (Å²) in [7, 11) is -0.402. The number of hydrogen-bond acceptors (Lipinski definition) is 5. The van der Waals surface area contributed by atoms with Gasteiger partial charge in [0.15, 0.2) is 5.82 Å². The van der Waals surface area contributed by atoms with Gasteiger partial charge in [0, 0.05) is 26.9 Å². The van der Waals surface area contributed by atoms with Gasteiger partial charge in [0.25, 0.3) is 0 Å². The molecule has 1 aliphatic rings. The summed E-state index contributed by atoms with van der Waals surface area (Å²) in [5, 5.41) is 3.82. The Bertz CT molecular complexity index is 528. The molecule has 0 radical (unpaired) electrons. The Balaban J connectivity index is 2.10. The topological polar surface area (TPSA) is 99.2 Å². The lowest BCUT2D eigenvalue weighted by molar-refractivity contribution is -0.0659. The SMILES string of the molecule is COC1(CNS(=O)(=O)c2cn(C)nc2N)CCC1. The van der Waals surface area contributed by atoms with E-state index in [2.05, 4.69) is 9.82 Å². The van der Waals surface area contributed by atoms with Crippen molar-refractivity contribution in [1.29, 1.82) is 0 Å². The van der Waals surface area contributed by atoms with Crippen molar-refractivity contribution in [2.24, 2.45) is 7.05 Å². The van der Waals surface area contributed by atoms with Gasteiger partial charge in [-0.15, -0.1) is 0 Å². The van der Waals surface area contributed by atoms with Crippen LogP contribution in [0.2, 0.25) is 0 Å². The first-order valence-electron chi connectivity index (χ1n) is 5.72. The number of nitrogen functional groups attached to an aromatic ring is 1. The molecule has 1 heterocycles. The molecular formula is C10H18N4O3S. The summed E-state index contributed by atoms with van der Waals surface area (Å²) in [6.45, 7) is 0.264. The lowest BCUT2D eigenvalue weighted by Gasteiger charge is -2.40. The molecule has 0 amide bonds. The smallest absolute Gasteiger partial charge is 0.245 e. The van der Waals surface area contributed by atoms with Crippen LogP contribution in [-0.4, -0.2) is 37.5 Å². The molecule has 0 spiro atoms. The van der Waals surface area contributed by atoms with Crippen LogP contribution in [0.1, 0.15) is 19.3 Å². The summed E-state index contributed by atoms with van der Waals surface area (Å²) in [6, 6.07) is 0. The molecule has 1 saturated carbocycles. The zero-order valence-electron chi connectivity index (χ0n) is 10.5. The average Bonchev–Trinajstić information content (AvgIpc) is 2.57. The number of nitrogens with one attached hydrogen (secondary N) is 1. The van der Waals surface area contributed by atoms with E-state index in [0.717, 1.165) is 19.3 Å². The van der Waals surface area contributed by atoms with Gasteiger partial charge in [0.2, 0.25) is 10.0 Å². The Morgan fingerprint density at radius 2 is 2.28 bits per heavy atom. The predicted octanol–water partition coefficient (Wildman–Crippen LogP) is -0.150. The van der Waals surface area contributed by atoms with Crippen LogP contribution in [0.3, 0.4) is 0 Å². The second-order valence-electron chi connectivity index (χ2n) is 4.62. The van der Waals surface area contributed by atoms with Gasteiger partial charge in [0.05, 0.1) is 5.60 Å². The van der Waals surface area contributed by atoms with Crippen molar-refractivity contribution in [1.82, 2.24) is 14.5 Å². The lowest BCUT2D eigenvalue weighted by Crippen LogP contribution is -2.49. The molecule has 8 heteroatoms. The number of sulfonamides is 1. The van der Waals surface area contributed by atoms with Crippen LogP contribution in [0, 0.1) is 0 Å². The third-order valence-corrected chi connectivity index (χ3v) is 4.81. The molecule has 2 rings (SSSR count). The Labute approximate surface area is 106 Å². The number of anilines is 1. The highest BCUT2D eigenvalue weighted by Crippen LogP contribution is 2.34. The number of aromatic nitrogens is 2. The fourth-order valence-electron chi connectivity index (χ4n) is 2.02. The Kier molecular flexibility index (Phi) is 3.35. The van der Waals surface area contributed by atoms with Crippen LogP contribution in [-0.2, 0) is 21.8 Å². The summed E-state index contributed by atoms with van der Waals surface area (Å²) >= 11 is 0. The van der Waals surface area contributed by atoms with Crippen molar-refractivity contribution in [3.05, 3.63) is 6.20 Å². The third kappa shape index (κ3) is 2.36. The van der Waals surface area contributed by atoms with Gasteiger partial charge in [-0.1, -0.05) is 0 Å². The van der Waals surface area contributed by atoms with Crippen LogP contribution >= 0.6 is 0 Å². The monoisotopic (exact) mass is 274 g/mol. The largest absolute Gasteiger partial charge is 0.381 e. The van der Waals surface area contributed by atoms with E-state index in [1.165, 1.54) is 10.9 Å². The van der Waals surface area contributed by atoms with E-state index in [-0.39, 0.29) is 22.9 Å². The highest BCUT2D eigenvalue weighted by Gasteiger charge is 2.38. The van der Waals surface area contributed by atoms with E-state index in [1.807, 2.05) is 0 Å². The van der Waals surface area contributed by atoms with Gasteiger partial charge in [-0.3, -0.25) is 4.68 Å². The summed E-state index contributed by atoms with van der Waals surface area (Å²) < 4.78 is 33.4. The average molecular weight is 274 g/mol. The fourth-order valence-corrected chi connectivity index (χ4v) is 3.24. The molecule has 1 aliphatic carbocycles. The Hall–Kier alpha value is -1.12. The number of hydrogen-bond donors (Lipinski definition) is 2. The van der Waals surface area contributed by atoms with E-state index < -0.39 is 10.0 Å². The van der Waals surface area contributed by atoms with Crippen molar-refractivity contribution in [2.75, 3.05) is 19.4 Å². The predicted molar refractivity (Wildman–Crippen MR) is 66.4 cm³/mol. The molecule has 1 aromatic heterocycles. The molecule has 102 valence electrons. The summed E-state index contributed by atoms with van der Waals surface area (Å²) in [5.41, 5.74) is 5.21. The van der Waals surface area contributed by atoms with Crippen molar-refractivity contribution < 1.29 is 13.2 Å². The number of aryl methyl sites for hydroxylation is 1. The highest BCUT2D eigenvalue weighted by molar-refractivity contribution is 7.89. The first-order chi connectivity index (χ1) is 8.38. The van der Waals surface area contributed by atoms with Gasteiger partial charge in [-0.2, -0.15) is 5.10 Å². The minimum atomic E-state index is -3.63. The molecule has 0 unspecified atom stereocenters.